The van der Waals surface area contributed by atoms with Crippen molar-refractivity contribution in [2.24, 2.45) is 5.14 Å². The van der Waals surface area contributed by atoms with E-state index in [0.717, 1.165) is 16.7 Å². The Morgan fingerprint density at radius 3 is 2.33 bits per heavy atom. The second kappa shape index (κ2) is 7.93. The monoisotopic (exact) mass is 422 g/mol. The lowest BCUT2D eigenvalue weighted by Gasteiger charge is -2.26. The fraction of sp³-hybridized carbons (Fsp3) is 0.174. The summed E-state index contributed by atoms with van der Waals surface area (Å²) in [5, 5.41) is 5.16. The number of rotatable bonds is 6. The number of carbonyl (C=O) groups is 1. The molecule has 0 aliphatic carbocycles. The summed E-state index contributed by atoms with van der Waals surface area (Å²) in [6.07, 6.45) is 0.588. The number of primary sulfonamides is 1. The second-order valence-corrected chi connectivity index (χ2v) is 8.77. The summed E-state index contributed by atoms with van der Waals surface area (Å²) in [4.78, 5) is 15.1. The number of carbonyl (C=O) groups excluding carboxylic acids is 1. The van der Waals surface area contributed by atoms with Crippen molar-refractivity contribution in [1.29, 1.82) is 0 Å². The Labute approximate surface area is 176 Å². The van der Waals surface area contributed by atoms with Crippen LogP contribution in [0.4, 0.5) is 0 Å². The molecule has 0 saturated carbocycles. The van der Waals surface area contributed by atoms with Crippen LogP contribution in [-0.4, -0.2) is 32.9 Å². The van der Waals surface area contributed by atoms with Gasteiger partial charge in [-0.1, -0.05) is 42.5 Å². The van der Waals surface area contributed by atoms with Gasteiger partial charge in [0.25, 0.3) is 5.91 Å². The highest BCUT2D eigenvalue weighted by molar-refractivity contribution is 7.89. The van der Waals surface area contributed by atoms with Gasteiger partial charge >= 0.3 is 0 Å². The number of nitrogens with zero attached hydrogens (tertiary/aromatic N) is 1. The lowest BCUT2D eigenvalue weighted by molar-refractivity contribution is 0.0751. The van der Waals surface area contributed by atoms with Gasteiger partial charge in [-0.15, -0.1) is 0 Å². The number of methoxy groups -OCH3 is 1. The Morgan fingerprint density at radius 2 is 1.70 bits per heavy atom. The van der Waals surface area contributed by atoms with Crippen LogP contribution in [0, 0.1) is 0 Å². The minimum Gasteiger partial charge on any atom is -0.497 e. The maximum Gasteiger partial charge on any atom is 0.255 e. The molecule has 1 aliphatic heterocycles. The molecule has 7 heteroatoms. The summed E-state index contributed by atoms with van der Waals surface area (Å²) in [5.74, 6) is 0.686. The maximum atomic E-state index is 13.2. The molecular formula is C23H22N2O4S. The van der Waals surface area contributed by atoms with E-state index in [4.69, 9.17) is 9.88 Å². The van der Waals surface area contributed by atoms with Gasteiger partial charge in [-0.05, 0) is 53.4 Å². The van der Waals surface area contributed by atoms with E-state index in [2.05, 4.69) is 0 Å². The highest BCUT2D eigenvalue weighted by atomic mass is 32.2. The number of nitrogens with two attached hydrogens (primary N) is 1. The van der Waals surface area contributed by atoms with E-state index >= 15 is 0 Å². The molecule has 4 rings (SSSR count). The number of hydrogen-bond acceptors (Lipinski definition) is 4. The molecule has 0 fully saturated rings. The van der Waals surface area contributed by atoms with Gasteiger partial charge in [0, 0.05) is 12.1 Å². The number of sulfonamides is 1. The van der Waals surface area contributed by atoms with E-state index in [1.54, 1.807) is 25.3 Å². The van der Waals surface area contributed by atoms with Crippen LogP contribution in [-0.2, 0) is 16.4 Å². The SMILES string of the molecule is COc1ccc2c(c1)C(c1ccccc1)N(CCc1ccc(S(N)(=O)=O)cc1)C2=O. The van der Waals surface area contributed by atoms with Gasteiger partial charge < -0.3 is 9.64 Å². The highest BCUT2D eigenvalue weighted by Gasteiger charge is 2.37. The van der Waals surface area contributed by atoms with Crippen LogP contribution in [0.1, 0.15) is 33.1 Å². The molecule has 2 N–H and O–H groups in total. The predicted molar refractivity (Wildman–Crippen MR) is 114 cm³/mol. The van der Waals surface area contributed by atoms with Crippen molar-refractivity contribution < 1.29 is 17.9 Å². The maximum absolute atomic E-state index is 13.2. The average molecular weight is 423 g/mol. The van der Waals surface area contributed by atoms with Crippen LogP contribution in [0.25, 0.3) is 0 Å². The molecule has 0 bridgehead atoms. The van der Waals surface area contributed by atoms with Crippen molar-refractivity contribution >= 4 is 15.9 Å². The standard InChI is InChI=1S/C23H22N2O4S/c1-29-18-9-12-20-21(15-18)22(17-5-3-2-4-6-17)25(23(20)26)14-13-16-7-10-19(11-8-16)30(24,27)28/h2-12,15,22H,13-14H2,1H3,(H2,24,27,28). The van der Waals surface area contributed by atoms with E-state index in [0.29, 0.717) is 24.3 Å². The molecule has 6 nitrogen and oxygen atoms in total. The second-order valence-electron chi connectivity index (χ2n) is 7.20. The Hall–Kier alpha value is -3.16. The fourth-order valence-electron chi connectivity index (χ4n) is 3.85. The van der Waals surface area contributed by atoms with Gasteiger partial charge in [0.05, 0.1) is 18.0 Å². The molecule has 0 spiro atoms. The third-order valence-electron chi connectivity index (χ3n) is 5.36. The van der Waals surface area contributed by atoms with Crippen LogP contribution in [0.15, 0.2) is 77.7 Å². The summed E-state index contributed by atoms with van der Waals surface area (Å²) >= 11 is 0. The van der Waals surface area contributed by atoms with E-state index in [-0.39, 0.29) is 16.8 Å². The number of amides is 1. The van der Waals surface area contributed by atoms with Crippen molar-refractivity contribution in [2.45, 2.75) is 17.4 Å². The Balaban J connectivity index is 1.63. The molecule has 1 aliphatic rings. The molecule has 0 saturated heterocycles. The van der Waals surface area contributed by atoms with Gasteiger partial charge in [0.15, 0.2) is 0 Å². The Kier molecular flexibility index (Phi) is 5.32. The van der Waals surface area contributed by atoms with Gasteiger partial charge in [0.1, 0.15) is 5.75 Å². The van der Waals surface area contributed by atoms with Crippen molar-refractivity contribution in [3.63, 3.8) is 0 Å². The number of hydrogen-bond donors (Lipinski definition) is 1. The molecule has 0 radical (unpaired) electrons. The predicted octanol–water partition coefficient (Wildman–Crippen LogP) is 3.13. The summed E-state index contributed by atoms with van der Waals surface area (Å²) in [6, 6.07) is 21.7. The first-order valence-electron chi connectivity index (χ1n) is 9.54. The first kappa shape index (κ1) is 20.1. The van der Waals surface area contributed by atoms with E-state index in [1.807, 2.05) is 47.4 Å². The summed E-state index contributed by atoms with van der Waals surface area (Å²) in [7, 11) is -2.11. The molecule has 154 valence electrons. The minimum atomic E-state index is -3.72. The third-order valence-corrected chi connectivity index (χ3v) is 6.29. The van der Waals surface area contributed by atoms with Crippen molar-refractivity contribution in [3.05, 3.63) is 95.1 Å². The lowest BCUT2D eigenvalue weighted by atomic mass is 9.97. The molecule has 3 aromatic rings. The Bertz CT molecular complexity index is 1180. The largest absolute Gasteiger partial charge is 0.497 e. The molecule has 1 unspecified atom stereocenters. The van der Waals surface area contributed by atoms with Gasteiger partial charge in [-0.3, -0.25) is 4.79 Å². The summed E-state index contributed by atoms with van der Waals surface area (Å²) in [6.45, 7) is 0.490. The summed E-state index contributed by atoms with van der Waals surface area (Å²) in [5.41, 5.74) is 3.56. The zero-order valence-corrected chi connectivity index (χ0v) is 17.3. The quantitative estimate of drug-likeness (QED) is 0.661. The number of fused-ring (bicyclic) bond motifs is 1. The smallest absolute Gasteiger partial charge is 0.255 e. The van der Waals surface area contributed by atoms with Gasteiger partial charge in [-0.2, -0.15) is 0 Å². The van der Waals surface area contributed by atoms with Crippen molar-refractivity contribution in [3.8, 4) is 5.75 Å². The minimum absolute atomic E-state index is 0.0253. The molecule has 30 heavy (non-hydrogen) atoms. The zero-order valence-electron chi connectivity index (χ0n) is 16.5. The van der Waals surface area contributed by atoms with E-state index < -0.39 is 10.0 Å². The molecule has 1 atom stereocenters. The topological polar surface area (TPSA) is 89.7 Å². The van der Waals surface area contributed by atoms with Gasteiger partial charge in [0.2, 0.25) is 10.0 Å². The highest BCUT2D eigenvalue weighted by Crippen LogP contribution is 2.40. The first-order chi connectivity index (χ1) is 14.4. The first-order valence-corrected chi connectivity index (χ1v) is 11.1. The van der Waals surface area contributed by atoms with E-state index in [9.17, 15) is 13.2 Å². The van der Waals surface area contributed by atoms with Crippen molar-refractivity contribution in [1.82, 2.24) is 4.90 Å². The third kappa shape index (κ3) is 3.81. The summed E-state index contributed by atoms with van der Waals surface area (Å²) < 4.78 is 28.3. The molecular weight excluding hydrogens is 400 g/mol. The lowest BCUT2D eigenvalue weighted by Crippen LogP contribution is -2.30. The van der Waals surface area contributed by atoms with Crippen LogP contribution in [0.5, 0.6) is 5.75 Å². The average Bonchev–Trinajstić information content (AvgIpc) is 3.03. The number of benzene rings is 3. The molecule has 0 aromatic heterocycles. The fourth-order valence-corrected chi connectivity index (χ4v) is 4.36. The van der Waals surface area contributed by atoms with Crippen LogP contribution in [0.2, 0.25) is 0 Å². The van der Waals surface area contributed by atoms with Gasteiger partial charge in [-0.25, -0.2) is 13.6 Å². The molecule has 1 heterocycles. The van der Waals surface area contributed by atoms with Crippen molar-refractivity contribution in [2.75, 3.05) is 13.7 Å². The zero-order chi connectivity index (χ0) is 21.3. The molecule has 1 amide bonds. The molecule has 3 aromatic carbocycles. The number of ether oxygens (including phenoxy) is 1. The van der Waals surface area contributed by atoms with E-state index in [1.165, 1.54) is 12.1 Å². The Morgan fingerprint density at radius 1 is 1.00 bits per heavy atom. The normalized spacial score (nSPS) is 15.9. The van der Waals surface area contributed by atoms with Crippen LogP contribution >= 0.6 is 0 Å². The van der Waals surface area contributed by atoms with Crippen LogP contribution < -0.4 is 9.88 Å². The van der Waals surface area contributed by atoms with Crippen LogP contribution in [0.3, 0.4) is 0 Å².